The van der Waals surface area contributed by atoms with Crippen LogP contribution in [0.5, 0.6) is 5.75 Å². The van der Waals surface area contributed by atoms with Crippen LogP contribution in [0, 0.1) is 0 Å². The standard InChI is InChI=1S/C21H31N3O/c1-20(2,3)16-9-15-12-24(8-7-17-11-22-13-23-17)14-25-19(15)18(10-16)21(4,5)6/h9-11,13H,7-8,12,14H2,1-6H3,(H,22,23). The summed E-state index contributed by atoms with van der Waals surface area (Å²) in [5.41, 5.74) is 5.40. The van der Waals surface area contributed by atoms with Gasteiger partial charge in [-0.3, -0.25) is 4.90 Å². The molecule has 0 bridgehead atoms. The molecular formula is C21H31N3O. The molecule has 0 amide bonds. The summed E-state index contributed by atoms with van der Waals surface area (Å²) in [6.45, 7) is 16.2. The maximum absolute atomic E-state index is 6.23. The zero-order valence-electron chi connectivity index (χ0n) is 16.4. The number of nitrogens with one attached hydrogen (secondary N) is 1. The number of rotatable bonds is 3. The normalized spacial score (nSPS) is 15.8. The molecule has 2 heterocycles. The molecule has 0 fully saturated rings. The Bertz CT molecular complexity index is 721. The summed E-state index contributed by atoms with van der Waals surface area (Å²) >= 11 is 0. The molecule has 0 unspecified atom stereocenters. The summed E-state index contributed by atoms with van der Waals surface area (Å²) in [5, 5.41) is 0. The molecule has 0 atom stereocenters. The van der Waals surface area contributed by atoms with E-state index in [1.165, 1.54) is 22.4 Å². The van der Waals surface area contributed by atoms with Crippen LogP contribution in [-0.4, -0.2) is 28.1 Å². The highest BCUT2D eigenvalue weighted by atomic mass is 16.5. The molecule has 1 aromatic heterocycles. The number of aromatic amines is 1. The minimum Gasteiger partial charge on any atom is -0.477 e. The SMILES string of the molecule is CC(C)(C)c1cc2c(c(C(C)(C)C)c1)OCN(CCc1cnc[nH]1)C2. The highest BCUT2D eigenvalue weighted by Gasteiger charge is 2.29. The van der Waals surface area contributed by atoms with Gasteiger partial charge in [0.05, 0.1) is 6.33 Å². The van der Waals surface area contributed by atoms with E-state index in [0.29, 0.717) is 6.73 Å². The monoisotopic (exact) mass is 341 g/mol. The van der Waals surface area contributed by atoms with Crippen molar-refractivity contribution in [3.8, 4) is 5.75 Å². The minimum absolute atomic E-state index is 0.0728. The van der Waals surface area contributed by atoms with Crippen molar-refractivity contribution in [2.75, 3.05) is 13.3 Å². The van der Waals surface area contributed by atoms with Gasteiger partial charge in [-0.2, -0.15) is 0 Å². The van der Waals surface area contributed by atoms with Gasteiger partial charge >= 0.3 is 0 Å². The van der Waals surface area contributed by atoms with Crippen molar-refractivity contribution in [1.29, 1.82) is 0 Å². The fourth-order valence-electron chi connectivity index (χ4n) is 3.25. The maximum atomic E-state index is 6.23. The number of ether oxygens (including phenoxy) is 1. The summed E-state index contributed by atoms with van der Waals surface area (Å²) in [5.74, 6) is 1.10. The first-order valence-electron chi connectivity index (χ1n) is 9.15. The first kappa shape index (κ1) is 18.0. The summed E-state index contributed by atoms with van der Waals surface area (Å²) in [4.78, 5) is 9.63. The van der Waals surface area contributed by atoms with Crippen LogP contribution in [0.3, 0.4) is 0 Å². The van der Waals surface area contributed by atoms with Gasteiger partial charge in [0.25, 0.3) is 0 Å². The van der Waals surface area contributed by atoms with Crippen LogP contribution < -0.4 is 4.74 Å². The van der Waals surface area contributed by atoms with Crippen LogP contribution in [-0.2, 0) is 23.8 Å². The minimum atomic E-state index is 0.0728. The lowest BCUT2D eigenvalue weighted by atomic mass is 9.78. The van der Waals surface area contributed by atoms with Crippen LogP contribution in [0.1, 0.15) is 63.9 Å². The predicted octanol–water partition coefficient (Wildman–Crippen LogP) is 4.40. The number of hydrogen-bond donors (Lipinski definition) is 1. The Kier molecular flexibility index (Phi) is 4.67. The summed E-state index contributed by atoms with van der Waals surface area (Å²) in [6.07, 6.45) is 4.60. The molecule has 136 valence electrons. The molecule has 1 N–H and O–H groups in total. The van der Waals surface area contributed by atoms with Crippen molar-refractivity contribution in [1.82, 2.24) is 14.9 Å². The number of nitrogens with zero attached hydrogens (tertiary/aromatic N) is 2. The van der Waals surface area contributed by atoms with Gasteiger partial charge in [-0.25, -0.2) is 4.98 Å². The van der Waals surface area contributed by atoms with Crippen LogP contribution in [0.15, 0.2) is 24.7 Å². The molecule has 4 heteroatoms. The topological polar surface area (TPSA) is 41.1 Å². The fourth-order valence-corrected chi connectivity index (χ4v) is 3.25. The van der Waals surface area contributed by atoms with E-state index in [4.69, 9.17) is 4.74 Å². The second-order valence-electron chi connectivity index (χ2n) is 9.16. The summed E-state index contributed by atoms with van der Waals surface area (Å²) < 4.78 is 6.23. The van der Waals surface area contributed by atoms with E-state index in [9.17, 15) is 0 Å². The van der Waals surface area contributed by atoms with E-state index in [0.717, 1.165) is 25.3 Å². The van der Waals surface area contributed by atoms with Crippen molar-refractivity contribution in [2.45, 2.75) is 65.3 Å². The van der Waals surface area contributed by atoms with E-state index in [-0.39, 0.29) is 10.8 Å². The largest absolute Gasteiger partial charge is 0.477 e. The molecule has 0 spiro atoms. The fraction of sp³-hybridized carbons (Fsp3) is 0.571. The van der Waals surface area contributed by atoms with Gasteiger partial charge in [0.1, 0.15) is 12.5 Å². The summed E-state index contributed by atoms with van der Waals surface area (Å²) in [7, 11) is 0. The predicted molar refractivity (Wildman–Crippen MR) is 102 cm³/mol. The molecule has 0 aliphatic carbocycles. The molecule has 0 radical (unpaired) electrons. The lowest BCUT2D eigenvalue weighted by Crippen LogP contribution is -2.35. The zero-order valence-corrected chi connectivity index (χ0v) is 16.4. The van der Waals surface area contributed by atoms with Crippen LogP contribution in [0.2, 0.25) is 0 Å². The second-order valence-corrected chi connectivity index (χ2v) is 9.16. The third-order valence-corrected chi connectivity index (χ3v) is 4.88. The molecule has 0 saturated heterocycles. The van der Waals surface area contributed by atoms with E-state index >= 15 is 0 Å². The Morgan fingerprint density at radius 3 is 2.48 bits per heavy atom. The smallest absolute Gasteiger partial charge is 0.142 e. The Labute approximate surface area is 151 Å². The number of fused-ring (bicyclic) bond motifs is 1. The molecule has 25 heavy (non-hydrogen) atoms. The number of hydrogen-bond acceptors (Lipinski definition) is 3. The van der Waals surface area contributed by atoms with Gasteiger partial charge in [-0.15, -0.1) is 0 Å². The molecule has 1 aliphatic rings. The van der Waals surface area contributed by atoms with Crippen molar-refractivity contribution in [3.05, 3.63) is 47.0 Å². The van der Waals surface area contributed by atoms with Gasteiger partial charge in [0.15, 0.2) is 0 Å². The quantitative estimate of drug-likeness (QED) is 0.899. The van der Waals surface area contributed by atoms with Crippen LogP contribution >= 0.6 is 0 Å². The molecule has 2 aromatic rings. The molecular weight excluding hydrogens is 310 g/mol. The molecule has 3 rings (SSSR count). The number of benzene rings is 1. The highest BCUT2D eigenvalue weighted by Crippen LogP contribution is 2.40. The Hall–Kier alpha value is -1.81. The number of aromatic nitrogens is 2. The molecule has 4 nitrogen and oxygen atoms in total. The van der Waals surface area contributed by atoms with Gasteiger partial charge < -0.3 is 9.72 Å². The van der Waals surface area contributed by atoms with E-state index in [1.54, 1.807) is 6.33 Å². The molecule has 0 saturated carbocycles. The van der Waals surface area contributed by atoms with E-state index in [2.05, 4.69) is 68.5 Å². The average Bonchev–Trinajstić information content (AvgIpc) is 3.03. The first-order valence-corrected chi connectivity index (χ1v) is 9.15. The van der Waals surface area contributed by atoms with Crippen molar-refractivity contribution in [3.63, 3.8) is 0 Å². The van der Waals surface area contributed by atoms with Crippen LogP contribution in [0.25, 0.3) is 0 Å². The Balaban J connectivity index is 1.87. The number of H-pyrrole nitrogens is 1. The van der Waals surface area contributed by atoms with Gasteiger partial charge in [0, 0.05) is 42.5 Å². The van der Waals surface area contributed by atoms with Gasteiger partial charge in [-0.1, -0.05) is 53.7 Å². The lowest BCUT2D eigenvalue weighted by Gasteiger charge is -2.35. The molecule has 1 aliphatic heterocycles. The van der Waals surface area contributed by atoms with Crippen molar-refractivity contribution >= 4 is 0 Å². The van der Waals surface area contributed by atoms with Gasteiger partial charge in [-0.05, 0) is 16.4 Å². The Morgan fingerprint density at radius 2 is 1.88 bits per heavy atom. The summed E-state index contributed by atoms with van der Waals surface area (Å²) in [6, 6.07) is 4.69. The average molecular weight is 341 g/mol. The molecule has 1 aromatic carbocycles. The Morgan fingerprint density at radius 1 is 1.12 bits per heavy atom. The third-order valence-electron chi connectivity index (χ3n) is 4.88. The maximum Gasteiger partial charge on any atom is 0.142 e. The van der Waals surface area contributed by atoms with Crippen LogP contribution in [0.4, 0.5) is 0 Å². The van der Waals surface area contributed by atoms with Crippen molar-refractivity contribution in [2.24, 2.45) is 0 Å². The third kappa shape index (κ3) is 4.06. The number of imidazole rings is 1. The van der Waals surface area contributed by atoms with Gasteiger partial charge in [0.2, 0.25) is 0 Å². The van der Waals surface area contributed by atoms with E-state index < -0.39 is 0 Å². The van der Waals surface area contributed by atoms with Crippen molar-refractivity contribution < 1.29 is 4.74 Å². The second kappa shape index (κ2) is 6.49. The zero-order chi connectivity index (χ0) is 18.2. The van der Waals surface area contributed by atoms with E-state index in [1.807, 2.05) is 6.20 Å². The first-order chi connectivity index (χ1) is 11.6. The lowest BCUT2D eigenvalue weighted by molar-refractivity contribution is 0.0939. The highest BCUT2D eigenvalue weighted by molar-refractivity contribution is 5.50.